The predicted molar refractivity (Wildman–Crippen MR) is 89.0 cm³/mol. The number of aryl methyl sites for hydroxylation is 2. The molecule has 142 valence electrons. The van der Waals surface area contributed by atoms with Crippen molar-refractivity contribution in [2.45, 2.75) is 32.9 Å². The number of halogens is 4. The second-order valence-corrected chi connectivity index (χ2v) is 7.07. The number of piperidine rings is 1. The third-order valence-electron chi connectivity index (χ3n) is 4.22. The van der Waals surface area contributed by atoms with Gasteiger partial charge < -0.3 is 9.64 Å². The zero-order valence-corrected chi connectivity index (χ0v) is 15.1. The first-order valence-electron chi connectivity index (χ1n) is 8.15. The van der Waals surface area contributed by atoms with Crippen molar-refractivity contribution in [3.05, 3.63) is 28.4 Å². The summed E-state index contributed by atoms with van der Waals surface area (Å²) in [6.07, 6.45) is -2.96. The van der Waals surface area contributed by atoms with Crippen LogP contribution in [0.1, 0.15) is 30.1 Å². The summed E-state index contributed by atoms with van der Waals surface area (Å²) in [4.78, 5) is 13.4. The van der Waals surface area contributed by atoms with E-state index in [1.807, 2.05) is 4.90 Å². The van der Waals surface area contributed by atoms with E-state index in [1.165, 1.54) is 0 Å². The molecule has 0 saturated carbocycles. The Kier molecular flexibility index (Phi) is 5.31. The second kappa shape index (κ2) is 7.34. The molecule has 3 rings (SSSR count). The highest BCUT2D eigenvalue weighted by molar-refractivity contribution is 7.13. The van der Waals surface area contributed by atoms with Gasteiger partial charge in [0.15, 0.2) is 10.8 Å². The molecule has 1 aliphatic rings. The quantitative estimate of drug-likeness (QED) is 0.739. The van der Waals surface area contributed by atoms with Gasteiger partial charge in [0, 0.05) is 18.5 Å². The maximum absolute atomic E-state index is 14.0. The smallest absolute Gasteiger partial charge is 0.434 e. The molecule has 3 heterocycles. The van der Waals surface area contributed by atoms with Crippen LogP contribution in [0.2, 0.25) is 0 Å². The van der Waals surface area contributed by atoms with Crippen LogP contribution in [-0.4, -0.2) is 34.6 Å². The van der Waals surface area contributed by atoms with E-state index in [9.17, 15) is 17.6 Å². The van der Waals surface area contributed by atoms with E-state index in [4.69, 9.17) is 4.74 Å². The molecule has 0 bridgehead atoms. The van der Waals surface area contributed by atoms with Crippen molar-refractivity contribution in [3.8, 4) is 5.88 Å². The number of anilines is 1. The number of nitrogens with zero attached hydrogens (tertiary/aromatic N) is 4. The maximum Gasteiger partial charge on any atom is 0.434 e. The number of hydrogen-bond donors (Lipinski definition) is 0. The van der Waals surface area contributed by atoms with Crippen LogP contribution in [0.3, 0.4) is 0 Å². The molecule has 0 aliphatic carbocycles. The minimum Gasteiger partial charge on any atom is -0.475 e. The summed E-state index contributed by atoms with van der Waals surface area (Å²) in [6, 6.07) is 0. The van der Waals surface area contributed by atoms with Gasteiger partial charge in [-0.25, -0.2) is 9.97 Å². The molecule has 1 fully saturated rings. The summed E-state index contributed by atoms with van der Waals surface area (Å²) in [7, 11) is 0. The van der Waals surface area contributed by atoms with Crippen LogP contribution in [0.25, 0.3) is 0 Å². The van der Waals surface area contributed by atoms with Crippen LogP contribution in [0.5, 0.6) is 5.88 Å². The molecule has 26 heavy (non-hydrogen) atoms. The Balaban J connectivity index is 1.54. The first-order valence-corrected chi connectivity index (χ1v) is 9.03. The number of alkyl halides is 3. The van der Waals surface area contributed by atoms with Gasteiger partial charge in [0.25, 0.3) is 5.88 Å². The van der Waals surface area contributed by atoms with Crippen LogP contribution < -0.4 is 9.64 Å². The molecule has 2 aromatic heterocycles. The minimum absolute atomic E-state index is 0.0489. The molecular weight excluding hydrogens is 372 g/mol. The van der Waals surface area contributed by atoms with Gasteiger partial charge in [0.1, 0.15) is 5.82 Å². The van der Waals surface area contributed by atoms with E-state index in [0.717, 1.165) is 29.6 Å². The molecule has 0 spiro atoms. The number of ether oxygens (including phenoxy) is 1. The highest BCUT2D eigenvalue weighted by Gasteiger charge is 2.34. The zero-order chi connectivity index (χ0) is 18.9. The lowest BCUT2D eigenvalue weighted by atomic mass is 9.98. The molecule has 10 heteroatoms. The lowest BCUT2D eigenvalue weighted by molar-refractivity contribution is -0.140. The Hall–Kier alpha value is -1.97. The van der Waals surface area contributed by atoms with Crippen LogP contribution in [0, 0.1) is 25.6 Å². The molecule has 1 saturated heterocycles. The fourth-order valence-electron chi connectivity index (χ4n) is 2.79. The molecule has 0 radical (unpaired) electrons. The van der Waals surface area contributed by atoms with Gasteiger partial charge in [0.05, 0.1) is 12.3 Å². The summed E-state index contributed by atoms with van der Waals surface area (Å²) in [5.41, 5.74) is -0.612. The summed E-state index contributed by atoms with van der Waals surface area (Å²) in [5.74, 6) is 0.0175. The van der Waals surface area contributed by atoms with Crippen molar-refractivity contribution in [3.63, 3.8) is 0 Å². The van der Waals surface area contributed by atoms with Gasteiger partial charge in [-0.1, -0.05) is 0 Å². The van der Waals surface area contributed by atoms with Crippen LogP contribution in [0.4, 0.5) is 22.7 Å². The second-order valence-electron chi connectivity index (χ2n) is 6.23. The van der Waals surface area contributed by atoms with Gasteiger partial charge in [-0.2, -0.15) is 22.5 Å². The molecule has 0 unspecified atom stereocenters. The summed E-state index contributed by atoms with van der Waals surface area (Å²) in [5, 5.41) is 1.41. The lowest BCUT2D eigenvalue weighted by Gasteiger charge is -2.31. The third kappa shape index (κ3) is 4.22. The third-order valence-corrected chi connectivity index (χ3v) is 5.12. The monoisotopic (exact) mass is 390 g/mol. The fraction of sp³-hybridized carbons (Fsp3) is 0.562. The van der Waals surface area contributed by atoms with Crippen LogP contribution >= 0.6 is 11.3 Å². The van der Waals surface area contributed by atoms with E-state index in [0.29, 0.717) is 30.7 Å². The van der Waals surface area contributed by atoms with Crippen LogP contribution in [0.15, 0.2) is 5.38 Å². The van der Waals surface area contributed by atoms with Crippen molar-refractivity contribution in [2.24, 2.45) is 5.92 Å². The Morgan fingerprint density at radius 1 is 1.19 bits per heavy atom. The fourth-order valence-corrected chi connectivity index (χ4v) is 3.68. The van der Waals surface area contributed by atoms with E-state index in [2.05, 4.69) is 15.0 Å². The molecule has 2 aromatic rings. The SMILES string of the molecule is Cc1nc(C)c(F)c(OCC2CCN(c3nc(C(F)(F)F)cs3)CC2)n1. The molecule has 0 aromatic carbocycles. The van der Waals surface area contributed by atoms with E-state index in [1.54, 1.807) is 13.8 Å². The number of hydrogen-bond acceptors (Lipinski definition) is 6. The predicted octanol–water partition coefficient (Wildman–Crippen LogP) is 4.00. The van der Waals surface area contributed by atoms with Crippen molar-refractivity contribution >= 4 is 16.5 Å². The Bertz CT molecular complexity index is 772. The zero-order valence-electron chi connectivity index (χ0n) is 14.3. The van der Waals surface area contributed by atoms with Gasteiger partial charge in [-0.15, -0.1) is 11.3 Å². The van der Waals surface area contributed by atoms with Gasteiger partial charge in [0.2, 0.25) is 5.82 Å². The number of thiazole rings is 1. The number of aromatic nitrogens is 3. The van der Waals surface area contributed by atoms with Crippen molar-refractivity contribution in [2.75, 3.05) is 24.6 Å². The summed E-state index contributed by atoms with van der Waals surface area (Å²) < 4.78 is 57.4. The van der Waals surface area contributed by atoms with Crippen molar-refractivity contribution in [1.29, 1.82) is 0 Å². The molecule has 0 N–H and O–H groups in total. The highest BCUT2D eigenvalue weighted by atomic mass is 32.1. The largest absolute Gasteiger partial charge is 0.475 e. The van der Waals surface area contributed by atoms with Gasteiger partial charge in [-0.3, -0.25) is 0 Å². The molecule has 0 atom stereocenters. The van der Waals surface area contributed by atoms with Crippen LogP contribution in [-0.2, 0) is 6.18 Å². The average molecular weight is 390 g/mol. The molecule has 0 amide bonds. The lowest BCUT2D eigenvalue weighted by Crippen LogP contribution is -2.35. The molecular formula is C16H18F4N4OS. The minimum atomic E-state index is -4.42. The van der Waals surface area contributed by atoms with Gasteiger partial charge in [-0.05, 0) is 32.6 Å². The van der Waals surface area contributed by atoms with Crippen molar-refractivity contribution < 1.29 is 22.3 Å². The molecule has 5 nitrogen and oxygen atoms in total. The first kappa shape index (κ1) is 18.8. The van der Waals surface area contributed by atoms with Gasteiger partial charge >= 0.3 is 6.18 Å². The van der Waals surface area contributed by atoms with E-state index >= 15 is 0 Å². The van der Waals surface area contributed by atoms with E-state index < -0.39 is 17.7 Å². The Morgan fingerprint density at radius 3 is 2.50 bits per heavy atom. The summed E-state index contributed by atoms with van der Waals surface area (Å²) in [6.45, 7) is 4.71. The Labute approximate surface area is 152 Å². The topological polar surface area (TPSA) is 51.1 Å². The highest BCUT2D eigenvalue weighted by Crippen LogP contribution is 2.34. The van der Waals surface area contributed by atoms with E-state index in [-0.39, 0.29) is 17.5 Å². The standard InChI is InChI=1S/C16H18F4N4OS/c1-9-13(17)14(22-10(2)21-9)25-7-11-3-5-24(6-4-11)15-23-12(8-26-15)16(18,19)20/h8,11H,3-7H2,1-2H3. The Morgan fingerprint density at radius 2 is 1.88 bits per heavy atom. The normalized spacial score (nSPS) is 16.2. The average Bonchev–Trinajstić information content (AvgIpc) is 3.07. The first-order chi connectivity index (χ1) is 12.2. The summed E-state index contributed by atoms with van der Waals surface area (Å²) >= 11 is 0.997. The maximum atomic E-state index is 14.0. The van der Waals surface area contributed by atoms with Crippen molar-refractivity contribution in [1.82, 2.24) is 15.0 Å². The molecule has 1 aliphatic heterocycles. The number of rotatable bonds is 4.